The van der Waals surface area contributed by atoms with Crippen molar-refractivity contribution >= 4 is 28.4 Å². The van der Waals surface area contributed by atoms with Crippen LogP contribution >= 0.6 is 11.6 Å². The number of nitro benzene ring substituents is 1. The van der Waals surface area contributed by atoms with Gasteiger partial charge in [-0.1, -0.05) is 28.7 Å². The molecular formula is C8H7ClNO4S-. The van der Waals surface area contributed by atoms with Crippen LogP contribution in [0.3, 0.4) is 0 Å². The molecule has 0 saturated heterocycles. The molecule has 0 aliphatic rings. The van der Waals surface area contributed by atoms with Crippen molar-refractivity contribution in [3.8, 4) is 0 Å². The molecule has 0 spiro atoms. The molecule has 7 heteroatoms. The Balaban J connectivity index is 2.87. The Morgan fingerprint density at radius 2 is 2.13 bits per heavy atom. The first-order valence-electron chi connectivity index (χ1n) is 3.99. The minimum absolute atomic E-state index is 0.0481. The molecular weight excluding hydrogens is 242 g/mol. The van der Waals surface area contributed by atoms with Gasteiger partial charge in [-0.25, -0.2) is 0 Å². The monoisotopic (exact) mass is 248 g/mol. The maximum Gasteiger partial charge on any atom is 0.288 e. The fourth-order valence-electron chi connectivity index (χ4n) is 1.05. The molecule has 5 nitrogen and oxygen atoms in total. The van der Waals surface area contributed by atoms with E-state index in [0.29, 0.717) is 5.56 Å². The van der Waals surface area contributed by atoms with Crippen LogP contribution < -0.4 is 0 Å². The van der Waals surface area contributed by atoms with Gasteiger partial charge in [-0.3, -0.25) is 14.3 Å². The first kappa shape index (κ1) is 12.1. The SMILES string of the molecule is O=[N+]([O-])c1cc(CCS(=O)[O-])ccc1Cl. The number of aryl methyl sites for hydroxylation is 1. The van der Waals surface area contributed by atoms with E-state index in [1.54, 1.807) is 6.07 Å². The summed E-state index contributed by atoms with van der Waals surface area (Å²) in [6.45, 7) is 0. The molecule has 82 valence electrons. The fourth-order valence-corrected chi connectivity index (χ4v) is 1.64. The minimum Gasteiger partial charge on any atom is -0.772 e. The molecule has 0 aliphatic carbocycles. The van der Waals surface area contributed by atoms with Crippen molar-refractivity contribution < 1.29 is 13.7 Å². The molecule has 0 heterocycles. The summed E-state index contributed by atoms with van der Waals surface area (Å²) < 4.78 is 20.6. The molecule has 0 aromatic heterocycles. The normalized spacial score (nSPS) is 12.4. The van der Waals surface area contributed by atoms with E-state index in [4.69, 9.17) is 11.6 Å². The summed E-state index contributed by atoms with van der Waals surface area (Å²) in [5.41, 5.74) is 0.376. The van der Waals surface area contributed by atoms with Crippen LogP contribution in [0.4, 0.5) is 5.69 Å². The van der Waals surface area contributed by atoms with E-state index < -0.39 is 16.0 Å². The second-order valence-electron chi connectivity index (χ2n) is 2.80. The molecule has 15 heavy (non-hydrogen) atoms. The minimum atomic E-state index is -2.14. The van der Waals surface area contributed by atoms with Gasteiger partial charge in [-0.15, -0.1) is 0 Å². The average Bonchev–Trinajstić information content (AvgIpc) is 2.16. The van der Waals surface area contributed by atoms with E-state index in [1.807, 2.05) is 0 Å². The molecule has 1 rings (SSSR count). The van der Waals surface area contributed by atoms with Gasteiger partial charge in [-0.05, 0) is 18.1 Å². The topological polar surface area (TPSA) is 83.3 Å². The lowest BCUT2D eigenvalue weighted by Crippen LogP contribution is -2.00. The molecule has 0 saturated carbocycles. The first-order valence-corrected chi connectivity index (χ1v) is 5.61. The van der Waals surface area contributed by atoms with Crippen molar-refractivity contribution in [3.05, 3.63) is 38.9 Å². The van der Waals surface area contributed by atoms with Gasteiger partial charge in [0.2, 0.25) is 0 Å². The third kappa shape index (κ3) is 3.58. The molecule has 1 atom stereocenters. The Hall–Kier alpha value is -0.980. The fraction of sp³-hybridized carbons (Fsp3) is 0.250. The van der Waals surface area contributed by atoms with E-state index in [2.05, 4.69) is 0 Å². The summed E-state index contributed by atoms with van der Waals surface area (Å²) in [6, 6.07) is 4.25. The lowest BCUT2D eigenvalue weighted by Gasteiger charge is -2.04. The Bertz CT molecular complexity index is 410. The molecule has 1 unspecified atom stereocenters. The van der Waals surface area contributed by atoms with Crippen LogP contribution in [0.15, 0.2) is 18.2 Å². The van der Waals surface area contributed by atoms with Gasteiger partial charge < -0.3 is 4.55 Å². The Morgan fingerprint density at radius 3 is 2.67 bits per heavy atom. The van der Waals surface area contributed by atoms with Gasteiger partial charge in [0.15, 0.2) is 0 Å². The average molecular weight is 249 g/mol. The zero-order valence-corrected chi connectivity index (χ0v) is 9.09. The molecule has 1 aromatic carbocycles. The predicted octanol–water partition coefficient (Wildman–Crippen LogP) is 1.67. The van der Waals surface area contributed by atoms with Gasteiger partial charge in [0.05, 0.1) is 4.92 Å². The van der Waals surface area contributed by atoms with Crippen LogP contribution in [0.25, 0.3) is 0 Å². The van der Waals surface area contributed by atoms with Crippen LogP contribution in [0, 0.1) is 10.1 Å². The number of benzene rings is 1. The summed E-state index contributed by atoms with van der Waals surface area (Å²) in [4.78, 5) is 9.91. The smallest absolute Gasteiger partial charge is 0.288 e. The van der Waals surface area contributed by atoms with Crippen LogP contribution in [0.2, 0.25) is 5.02 Å². The maximum absolute atomic E-state index is 10.5. The summed E-state index contributed by atoms with van der Waals surface area (Å²) >= 11 is 3.45. The van der Waals surface area contributed by atoms with Gasteiger partial charge in [0.1, 0.15) is 5.02 Å². The summed E-state index contributed by atoms with van der Waals surface area (Å²) in [7, 11) is 0. The number of rotatable bonds is 4. The van der Waals surface area contributed by atoms with Crippen LogP contribution in [0.1, 0.15) is 5.56 Å². The third-order valence-electron chi connectivity index (χ3n) is 1.76. The quantitative estimate of drug-likeness (QED) is 0.461. The zero-order chi connectivity index (χ0) is 11.4. The Kier molecular flexibility index (Phi) is 4.19. The zero-order valence-electron chi connectivity index (χ0n) is 7.51. The van der Waals surface area contributed by atoms with Gasteiger partial charge in [0, 0.05) is 11.8 Å². The third-order valence-corrected chi connectivity index (χ3v) is 2.62. The highest BCUT2D eigenvalue weighted by Gasteiger charge is 2.12. The number of hydrogen-bond donors (Lipinski definition) is 0. The molecule has 0 aliphatic heterocycles. The molecule has 0 fully saturated rings. The molecule has 0 N–H and O–H groups in total. The highest BCUT2D eigenvalue weighted by atomic mass is 35.5. The Labute approximate surface area is 93.5 Å². The van der Waals surface area contributed by atoms with Gasteiger partial charge in [-0.2, -0.15) is 0 Å². The van der Waals surface area contributed by atoms with Crippen molar-refractivity contribution in [3.63, 3.8) is 0 Å². The summed E-state index contributed by atoms with van der Waals surface area (Å²) in [6.07, 6.45) is 0.244. The highest BCUT2D eigenvalue weighted by molar-refractivity contribution is 7.79. The summed E-state index contributed by atoms with van der Waals surface area (Å²) in [5, 5.41) is 10.6. The van der Waals surface area contributed by atoms with Crippen molar-refractivity contribution in [1.82, 2.24) is 0 Å². The van der Waals surface area contributed by atoms with Crippen LogP contribution in [0.5, 0.6) is 0 Å². The molecule has 1 aromatic rings. The summed E-state index contributed by atoms with van der Waals surface area (Å²) in [5.74, 6) is -0.0568. The Morgan fingerprint density at radius 1 is 1.47 bits per heavy atom. The standard InChI is InChI=1S/C8H8ClNO4S/c9-7-2-1-6(3-4-15(13)14)5-8(7)10(11)12/h1-2,5H,3-4H2,(H,13,14)/p-1. The van der Waals surface area contributed by atoms with Crippen molar-refractivity contribution in [2.75, 3.05) is 5.75 Å². The van der Waals surface area contributed by atoms with E-state index in [9.17, 15) is 18.9 Å². The number of nitrogens with zero attached hydrogens (tertiary/aromatic N) is 1. The highest BCUT2D eigenvalue weighted by Crippen LogP contribution is 2.25. The van der Waals surface area contributed by atoms with Gasteiger partial charge in [0.25, 0.3) is 5.69 Å². The van der Waals surface area contributed by atoms with E-state index in [-0.39, 0.29) is 22.9 Å². The van der Waals surface area contributed by atoms with E-state index in [1.165, 1.54) is 12.1 Å². The second-order valence-corrected chi connectivity index (χ2v) is 4.22. The van der Waals surface area contributed by atoms with Crippen LogP contribution in [-0.2, 0) is 17.5 Å². The van der Waals surface area contributed by atoms with Crippen molar-refractivity contribution in [2.45, 2.75) is 6.42 Å². The number of halogens is 1. The van der Waals surface area contributed by atoms with Crippen molar-refractivity contribution in [1.29, 1.82) is 0 Å². The van der Waals surface area contributed by atoms with Gasteiger partial charge >= 0.3 is 0 Å². The predicted molar refractivity (Wildman–Crippen MR) is 55.6 cm³/mol. The second kappa shape index (κ2) is 5.20. The van der Waals surface area contributed by atoms with Crippen molar-refractivity contribution in [2.24, 2.45) is 0 Å². The number of hydrogen-bond acceptors (Lipinski definition) is 4. The lowest BCUT2D eigenvalue weighted by molar-refractivity contribution is -0.384. The maximum atomic E-state index is 10.5. The van der Waals surface area contributed by atoms with E-state index in [0.717, 1.165) is 0 Å². The molecule has 0 bridgehead atoms. The first-order chi connectivity index (χ1) is 7.00. The van der Waals surface area contributed by atoms with E-state index >= 15 is 0 Å². The molecule has 0 radical (unpaired) electrons. The van der Waals surface area contributed by atoms with Crippen LogP contribution in [-0.4, -0.2) is 19.4 Å². The largest absolute Gasteiger partial charge is 0.772 e. The lowest BCUT2D eigenvalue weighted by atomic mass is 10.1. The number of nitro groups is 1. The molecule has 0 amide bonds.